The van der Waals surface area contributed by atoms with Gasteiger partial charge >= 0.3 is 0 Å². The molecule has 0 radical (unpaired) electrons. The smallest absolute Gasteiger partial charge is 0.201 e. The summed E-state index contributed by atoms with van der Waals surface area (Å²) in [7, 11) is 0. The second-order valence-corrected chi connectivity index (χ2v) is 9.67. The van der Waals surface area contributed by atoms with Crippen LogP contribution < -0.4 is 0 Å². The topological polar surface area (TPSA) is 36.9 Å². The average Bonchev–Trinajstić information content (AvgIpc) is 2.90. The molecule has 2 bridgehead atoms. The van der Waals surface area contributed by atoms with Gasteiger partial charge < -0.3 is 9.47 Å². The lowest BCUT2D eigenvalue weighted by Gasteiger charge is -2.59. The number of hydrogen-bond acceptors (Lipinski definition) is 4. The predicted molar refractivity (Wildman–Crippen MR) is 102 cm³/mol. The van der Waals surface area contributed by atoms with Crippen molar-refractivity contribution in [1.82, 2.24) is 0 Å². The number of rotatable bonds is 4. The molecule has 160 valence electrons. The Hall–Kier alpha value is -1.08. The maximum Gasteiger partial charge on any atom is 0.201 e. The molecule has 4 nitrogen and oxygen atoms in total. The standard InChI is InChI=1S/C23H30F2O4/c1-14-6-7-20-16(5-3-4-15-10-17(24)12-18(25)11-15)13-26-21-23(20)19(14)8-9-22(2,27-21)28-29-23/h10-12,14,16,19-21H,3-9,13H2,1-2H3/t14-,16+,19+,20+,21?,22-,23-/m1/s1. The summed E-state index contributed by atoms with van der Waals surface area (Å²) in [6, 6.07) is 3.76. The third-order valence-electron chi connectivity index (χ3n) is 7.77. The van der Waals surface area contributed by atoms with Gasteiger partial charge in [0.1, 0.15) is 11.6 Å². The molecular weight excluding hydrogens is 378 g/mol. The van der Waals surface area contributed by atoms with Gasteiger partial charge in [0.15, 0.2) is 11.9 Å². The van der Waals surface area contributed by atoms with Gasteiger partial charge in [0, 0.05) is 18.4 Å². The first kappa shape index (κ1) is 19.9. The molecule has 1 aliphatic carbocycles. The summed E-state index contributed by atoms with van der Waals surface area (Å²) in [5.41, 5.74) is 0.165. The van der Waals surface area contributed by atoms with Crippen molar-refractivity contribution in [1.29, 1.82) is 0 Å². The molecule has 0 amide bonds. The highest BCUT2D eigenvalue weighted by Crippen LogP contribution is 2.60. The molecule has 5 aliphatic rings. The second-order valence-electron chi connectivity index (χ2n) is 9.67. The fourth-order valence-corrected chi connectivity index (χ4v) is 6.33. The van der Waals surface area contributed by atoms with E-state index in [4.69, 9.17) is 19.2 Å². The highest BCUT2D eigenvalue weighted by molar-refractivity contribution is 5.18. The number of halogens is 2. The van der Waals surface area contributed by atoms with E-state index in [1.54, 1.807) is 0 Å². The first-order valence-electron chi connectivity index (χ1n) is 11.0. The van der Waals surface area contributed by atoms with Gasteiger partial charge in [-0.3, -0.25) is 0 Å². The Kier molecular flexibility index (Phi) is 4.97. The van der Waals surface area contributed by atoms with Crippen LogP contribution in [-0.4, -0.2) is 24.3 Å². The molecule has 4 saturated heterocycles. The van der Waals surface area contributed by atoms with Gasteiger partial charge in [-0.2, -0.15) is 0 Å². The van der Waals surface area contributed by atoms with Crippen LogP contribution in [0.4, 0.5) is 8.78 Å². The van der Waals surface area contributed by atoms with Crippen LogP contribution >= 0.6 is 0 Å². The van der Waals surface area contributed by atoms with Gasteiger partial charge in [0.05, 0.1) is 6.61 Å². The lowest BCUT2D eigenvalue weighted by atomic mass is 9.57. The Labute approximate surface area is 170 Å². The summed E-state index contributed by atoms with van der Waals surface area (Å²) < 4.78 is 39.4. The zero-order valence-electron chi connectivity index (χ0n) is 17.2. The largest absolute Gasteiger partial charge is 0.349 e. The van der Waals surface area contributed by atoms with Gasteiger partial charge in [-0.1, -0.05) is 6.92 Å². The van der Waals surface area contributed by atoms with Crippen LogP contribution in [0.3, 0.4) is 0 Å². The first-order valence-corrected chi connectivity index (χ1v) is 11.0. The lowest BCUT2D eigenvalue weighted by molar-refractivity contribution is -0.567. The zero-order valence-corrected chi connectivity index (χ0v) is 17.2. The van der Waals surface area contributed by atoms with E-state index in [1.165, 1.54) is 18.6 Å². The van der Waals surface area contributed by atoms with Crippen LogP contribution in [0, 0.1) is 35.3 Å². The SMILES string of the molecule is C[C@@H]1CC[C@H]2[C@@H](CCCc3cc(F)cc(F)c3)COC3O[C@@]4(C)CC[C@@H]1[C@]32OO4. The molecular formula is C23H30F2O4. The van der Waals surface area contributed by atoms with Gasteiger partial charge in [0.25, 0.3) is 0 Å². The summed E-state index contributed by atoms with van der Waals surface area (Å²) >= 11 is 0. The third kappa shape index (κ3) is 3.32. The Morgan fingerprint density at radius 2 is 1.83 bits per heavy atom. The van der Waals surface area contributed by atoms with Gasteiger partial charge in [0.2, 0.25) is 5.79 Å². The van der Waals surface area contributed by atoms with Crippen LogP contribution in [0.1, 0.15) is 57.9 Å². The lowest BCUT2D eigenvalue weighted by Crippen LogP contribution is -2.69. The molecule has 4 heterocycles. The molecule has 1 saturated carbocycles. The van der Waals surface area contributed by atoms with E-state index in [-0.39, 0.29) is 6.29 Å². The summed E-state index contributed by atoms with van der Waals surface area (Å²) in [6.07, 6.45) is 6.13. The summed E-state index contributed by atoms with van der Waals surface area (Å²) in [4.78, 5) is 12.0. The summed E-state index contributed by atoms with van der Waals surface area (Å²) in [6.45, 7) is 4.87. The predicted octanol–water partition coefficient (Wildman–Crippen LogP) is 5.15. The van der Waals surface area contributed by atoms with Crippen molar-refractivity contribution in [2.45, 2.75) is 76.5 Å². The van der Waals surface area contributed by atoms with E-state index in [0.717, 1.165) is 38.2 Å². The first-order chi connectivity index (χ1) is 13.9. The molecule has 6 heteroatoms. The molecule has 5 fully saturated rings. The molecule has 1 aromatic carbocycles. The van der Waals surface area contributed by atoms with Crippen LogP contribution in [0.15, 0.2) is 18.2 Å². The van der Waals surface area contributed by atoms with Crippen molar-refractivity contribution < 1.29 is 28.0 Å². The number of benzene rings is 1. The van der Waals surface area contributed by atoms with Crippen LogP contribution in [0.25, 0.3) is 0 Å². The maximum absolute atomic E-state index is 13.5. The van der Waals surface area contributed by atoms with E-state index >= 15 is 0 Å². The van der Waals surface area contributed by atoms with E-state index in [0.29, 0.717) is 42.3 Å². The van der Waals surface area contributed by atoms with Gasteiger partial charge in [-0.25, -0.2) is 18.6 Å². The fourth-order valence-electron chi connectivity index (χ4n) is 6.33. The fraction of sp³-hybridized carbons (Fsp3) is 0.739. The van der Waals surface area contributed by atoms with E-state index < -0.39 is 23.0 Å². The average molecular weight is 408 g/mol. The van der Waals surface area contributed by atoms with Gasteiger partial charge in [-0.15, -0.1) is 0 Å². The molecule has 0 aromatic heterocycles. The van der Waals surface area contributed by atoms with Crippen LogP contribution in [-0.2, 0) is 25.7 Å². The summed E-state index contributed by atoms with van der Waals surface area (Å²) in [5, 5.41) is 0. The van der Waals surface area contributed by atoms with E-state index in [2.05, 4.69) is 6.92 Å². The van der Waals surface area contributed by atoms with Crippen molar-refractivity contribution in [3.05, 3.63) is 35.4 Å². The minimum Gasteiger partial charge on any atom is -0.349 e. The number of aryl methyl sites for hydroxylation is 1. The normalized spacial score (nSPS) is 43.7. The molecule has 1 unspecified atom stereocenters. The number of ether oxygens (including phenoxy) is 2. The van der Waals surface area contributed by atoms with Crippen molar-refractivity contribution in [2.75, 3.05) is 6.61 Å². The Morgan fingerprint density at radius 3 is 2.62 bits per heavy atom. The highest BCUT2D eigenvalue weighted by Gasteiger charge is 2.68. The van der Waals surface area contributed by atoms with Crippen LogP contribution in [0.5, 0.6) is 0 Å². The minimum atomic E-state index is -0.730. The number of hydrogen-bond donors (Lipinski definition) is 0. The summed E-state index contributed by atoms with van der Waals surface area (Å²) in [5.74, 6) is -0.221. The maximum atomic E-state index is 13.5. The van der Waals surface area contributed by atoms with Gasteiger partial charge in [-0.05, 0) is 80.9 Å². The van der Waals surface area contributed by atoms with Crippen molar-refractivity contribution in [3.63, 3.8) is 0 Å². The quantitative estimate of drug-likeness (QED) is 0.646. The number of fused-ring (bicyclic) bond motifs is 2. The third-order valence-corrected chi connectivity index (χ3v) is 7.77. The molecule has 1 spiro atoms. The zero-order chi connectivity index (χ0) is 20.2. The molecule has 6 rings (SSSR count). The molecule has 7 atom stereocenters. The minimum absolute atomic E-state index is 0.314. The van der Waals surface area contributed by atoms with E-state index in [9.17, 15) is 8.78 Å². The molecule has 29 heavy (non-hydrogen) atoms. The Bertz CT molecular complexity index is 753. The van der Waals surface area contributed by atoms with Crippen molar-refractivity contribution in [3.8, 4) is 0 Å². The molecule has 1 aromatic rings. The highest BCUT2D eigenvalue weighted by atomic mass is 19.1. The Balaban J connectivity index is 1.33. The van der Waals surface area contributed by atoms with Crippen LogP contribution in [0.2, 0.25) is 0 Å². The Morgan fingerprint density at radius 1 is 1.03 bits per heavy atom. The molecule has 0 N–H and O–H groups in total. The molecule has 4 aliphatic heterocycles. The van der Waals surface area contributed by atoms with E-state index in [1.807, 2.05) is 6.92 Å². The monoisotopic (exact) mass is 408 g/mol. The van der Waals surface area contributed by atoms with Crippen molar-refractivity contribution >= 4 is 0 Å². The second kappa shape index (κ2) is 7.26. The van der Waals surface area contributed by atoms with Crippen molar-refractivity contribution in [2.24, 2.45) is 23.7 Å².